The van der Waals surface area contributed by atoms with E-state index in [-0.39, 0.29) is 0 Å². The first kappa shape index (κ1) is 13.3. The van der Waals surface area contributed by atoms with Crippen molar-refractivity contribution < 1.29 is 8.42 Å². The maximum absolute atomic E-state index is 12.4. The van der Waals surface area contributed by atoms with Crippen molar-refractivity contribution in [2.45, 2.75) is 20.3 Å². The Morgan fingerprint density at radius 3 is 2.53 bits per heavy atom. The van der Waals surface area contributed by atoms with Crippen molar-refractivity contribution in [2.24, 2.45) is 11.8 Å². The molecule has 0 saturated carbocycles. The van der Waals surface area contributed by atoms with Crippen LogP contribution in [0.3, 0.4) is 0 Å². The summed E-state index contributed by atoms with van der Waals surface area (Å²) in [7, 11) is -3.22. The van der Waals surface area contributed by atoms with Gasteiger partial charge in [-0.3, -0.25) is 0 Å². The summed E-state index contributed by atoms with van der Waals surface area (Å²) in [6, 6.07) is 0. The van der Waals surface area contributed by atoms with Crippen molar-refractivity contribution in [2.75, 3.05) is 39.3 Å². The summed E-state index contributed by atoms with van der Waals surface area (Å²) in [5.41, 5.74) is 0. The lowest BCUT2D eigenvalue weighted by atomic mass is 9.90. The number of rotatable bonds is 4. The molecule has 2 heterocycles. The Morgan fingerprint density at radius 1 is 1.24 bits per heavy atom. The molecule has 0 amide bonds. The molecule has 0 aromatic heterocycles. The normalized spacial score (nSPS) is 30.8. The zero-order valence-corrected chi connectivity index (χ0v) is 11.5. The van der Waals surface area contributed by atoms with Crippen LogP contribution in [0, 0.1) is 11.8 Å². The van der Waals surface area contributed by atoms with Crippen LogP contribution in [0.1, 0.15) is 20.3 Å². The molecule has 100 valence electrons. The summed E-state index contributed by atoms with van der Waals surface area (Å²) < 4.78 is 28.0. The molecule has 1 N–H and O–H groups in total. The predicted octanol–water partition coefficient (Wildman–Crippen LogP) is 0.114. The quantitative estimate of drug-likeness (QED) is 0.782. The summed E-state index contributed by atoms with van der Waals surface area (Å²) >= 11 is 0. The molecule has 2 fully saturated rings. The van der Waals surface area contributed by atoms with Crippen LogP contribution in [-0.2, 0) is 10.2 Å². The van der Waals surface area contributed by atoms with E-state index in [0.717, 1.165) is 19.5 Å². The fraction of sp³-hybridized carbons (Fsp3) is 1.00. The number of hydrogen-bond acceptors (Lipinski definition) is 3. The van der Waals surface area contributed by atoms with Gasteiger partial charge >= 0.3 is 0 Å². The number of piperidine rings is 1. The van der Waals surface area contributed by atoms with Crippen molar-refractivity contribution in [3.05, 3.63) is 0 Å². The van der Waals surface area contributed by atoms with Crippen molar-refractivity contribution in [3.8, 4) is 0 Å². The van der Waals surface area contributed by atoms with Gasteiger partial charge in [-0.2, -0.15) is 17.0 Å². The van der Waals surface area contributed by atoms with E-state index in [4.69, 9.17) is 0 Å². The maximum Gasteiger partial charge on any atom is 0.281 e. The summed E-state index contributed by atoms with van der Waals surface area (Å²) in [6.45, 7) is 8.30. The third kappa shape index (κ3) is 2.50. The van der Waals surface area contributed by atoms with Gasteiger partial charge in [0.25, 0.3) is 10.2 Å². The minimum Gasteiger partial charge on any atom is -0.316 e. The molecule has 0 radical (unpaired) electrons. The van der Waals surface area contributed by atoms with Crippen LogP contribution in [0.4, 0.5) is 0 Å². The molecule has 17 heavy (non-hydrogen) atoms. The molecular weight excluding hydrogens is 238 g/mol. The van der Waals surface area contributed by atoms with E-state index in [2.05, 4.69) is 5.32 Å². The summed E-state index contributed by atoms with van der Waals surface area (Å²) in [5.74, 6) is 1.19. The Kier molecular flexibility index (Phi) is 4.07. The van der Waals surface area contributed by atoms with Crippen molar-refractivity contribution >= 4 is 10.2 Å². The van der Waals surface area contributed by atoms with E-state index < -0.39 is 10.2 Å². The summed E-state index contributed by atoms with van der Waals surface area (Å²) in [6.07, 6.45) is 0.998. The average molecular weight is 261 g/mol. The molecule has 6 heteroatoms. The van der Waals surface area contributed by atoms with Gasteiger partial charge in [-0.1, -0.05) is 13.8 Å². The third-order valence-corrected chi connectivity index (χ3v) is 6.18. The first-order valence-electron chi connectivity index (χ1n) is 6.55. The highest BCUT2D eigenvalue weighted by atomic mass is 32.2. The molecular formula is C11H23N3O2S. The van der Waals surface area contributed by atoms with Gasteiger partial charge in [-0.15, -0.1) is 0 Å². The first-order valence-corrected chi connectivity index (χ1v) is 7.95. The van der Waals surface area contributed by atoms with E-state index in [1.807, 2.05) is 13.8 Å². The van der Waals surface area contributed by atoms with Gasteiger partial charge in [0.2, 0.25) is 0 Å². The van der Waals surface area contributed by atoms with Crippen LogP contribution in [0.2, 0.25) is 0 Å². The van der Waals surface area contributed by atoms with Gasteiger partial charge in [0.1, 0.15) is 0 Å². The highest BCUT2D eigenvalue weighted by Crippen LogP contribution is 2.28. The summed E-state index contributed by atoms with van der Waals surface area (Å²) in [4.78, 5) is 0. The van der Waals surface area contributed by atoms with E-state index in [1.165, 1.54) is 0 Å². The first-order chi connectivity index (χ1) is 8.09. The van der Waals surface area contributed by atoms with Crippen LogP contribution in [0.25, 0.3) is 0 Å². The standard InChI is InChI=1S/C11H23N3O2S/c1-3-13(4-2)17(15,16)14-6-5-10-7-12-8-11(10)9-14/h10-12H,3-9H2,1-2H3. The Morgan fingerprint density at radius 2 is 1.88 bits per heavy atom. The second-order valence-corrected chi connectivity index (χ2v) is 6.85. The molecule has 0 aromatic rings. The predicted molar refractivity (Wildman–Crippen MR) is 67.9 cm³/mol. The Balaban J connectivity index is 2.07. The molecule has 0 aromatic carbocycles. The summed E-state index contributed by atoms with van der Waals surface area (Å²) in [5, 5.41) is 3.36. The minimum absolute atomic E-state index is 0.508. The molecule has 2 unspecified atom stereocenters. The molecule has 2 aliphatic rings. The molecule has 2 saturated heterocycles. The van der Waals surface area contributed by atoms with Crippen LogP contribution in [0.15, 0.2) is 0 Å². The molecule has 2 rings (SSSR count). The highest BCUT2D eigenvalue weighted by Gasteiger charge is 2.38. The van der Waals surface area contributed by atoms with Crippen LogP contribution >= 0.6 is 0 Å². The smallest absolute Gasteiger partial charge is 0.281 e. The van der Waals surface area contributed by atoms with Gasteiger partial charge in [0.15, 0.2) is 0 Å². The monoisotopic (exact) mass is 261 g/mol. The van der Waals surface area contributed by atoms with Gasteiger partial charge in [-0.05, 0) is 31.3 Å². The lowest BCUT2D eigenvalue weighted by Gasteiger charge is -2.36. The average Bonchev–Trinajstić information content (AvgIpc) is 2.77. The van der Waals surface area contributed by atoms with Crippen LogP contribution in [-0.4, -0.2) is 56.3 Å². The van der Waals surface area contributed by atoms with Crippen molar-refractivity contribution in [1.82, 2.24) is 13.9 Å². The zero-order chi connectivity index (χ0) is 12.5. The Labute approximate surface area is 104 Å². The Hall–Kier alpha value is -0.170. The van der Waals surface area contributed by atoms with Gasteiger partial charge in [0, 0.05) is 26.2 Å². The van der Waals surface area contributed by atoms with E-state index in [1.54, 1.807) is 8.61 Å². The molecule has 0 spiro atoms. The molecule has 5 nitrogen and oxygen atoms in total. The van der Waals surface area contributed by atoms with Gasteiger partial charge in [0.05, 0.1) is 0 Å². The second-order valence-electron chi connectivity index (χ2n) is 4.92. The van der Waals surface area contributed by atoms with E-state index in [9.17, 15) is 8.42 Å². The van der Waals surface area contributed by atoms with E-state index in [0.29, 0.717) is 38.0 Å². The molecule has 0 bridgehead atoms. The molecule has 0 aliphatic carbocycles. The highest BCUT2D eigenvalue weighted by molar-refractivity contribution is 7.86. The molecule has 2 aliphatic heterocycles. The second kappa shape index (κ2) is 5.22. The fourth-order valence-corrected chi connectivity index (χ4v) is 4.62. The minimum atomic E-state index is -3.22. The zero-order valence-electron chi connectivity index (χ0n) is 10.7. The number of fused-ring (bicyclic) bond motifs is 1. The van der Waals surface area contributed by atoms with Gasteiger partial charge < -0.3 is 5.32 Å². The van der Waals surface area contributed by atoms with Crippen LogP contribution in [0.5, 0.6) is 0 Å². The topological polar surface area (TPSA) is 52.7 Å². The number of hydrogen-bond donors (Lipinski definition) is 1. The largest absolute Gasteiger partial charge is 0.316 e. The SMILES string of the molecule is CCN(CC)S(=O)(=O)N1CCC2CNCC2C1. The Bertz CT molecular complexity index is 354. The van der Waals surface area contributed by atoms with E-state index >= 15 is 0 Å². The van der Waals surface area contributed by atoms with Crippen LogP contribution < -0.4 is 5.32 Å². The van der Waals surface area contributed by atoms with Crippen molar-refractivity contribution in [1.29, 1.82) is 0 Å². The molecule has 2 atom stereocenters. The lowest BCUT2D eigenvalue weighted by Crippen LogP contribution is -2.49. The number of nitrogens with one attached hydrogen (secondary N) is 1. The number of nitrogens with zero attached hydrogens (tertiary/aromatic N) is 2. The fourth-order valence-electron chi connectivity index (χ4n) is 2.92. The maximum atomic E-state index is 12.4. The third-order valence-electron chi connectivity index (χ3n) is 4.03. The lowest BCUT2D eigenvalue weighted by molar-refractivity contribution is 0.215. The van der Waals surface area contributed by atoms with Crippen molar-refractivity contribution in [3.63, 3.8) is 0 Å². The van der Waals surface area contributed by atoms with Gasteiger partial charge in [-0.25, -0.2) is 0 Å².